The molecule has 5 rings (SSSR count). The van der Waals surface area contributed by atoms with E-state index in [1.807, 2.05) is 55.5 Å². The molecule has 4 aromatic rings. The van der Waals surface area contributed by atoms with Crippen LogP contribution in [-0.4, -0.2) is 29.3 Å². The van der Waals surface area contributed by atoms with E-state index in [0.717, 1.165) is 41.7 Å². The molecule has 0 aliphatic carbocycles. The Hall–Kier alpha value is -4.18. The van der Waals surface area contributed by atoms with Crippen molar-refractivity contribution in [3.63, 3.8) is 0 Å². The summed E-state index contributed by atoms with van der Waals surface area (Å²) in [5.41, 5.74) is 3.59. The number of imide groups is 1. The smallest absolute Gasteiger partial charge is 0.329 e. The van der Waals surface area contributed by atoms with E-state index in [9.17, 15) is 14.4 Å². The van der Waals surface area contributed by atoms with Crippen molar-refractivity contribution in [2.45, 2.75) is 13.5 Å². The molecule has 38 heavy (non-hydrogen) atoms. The third-order valence-electron chi connectivity index (χ3n) is 6.13. The number of nitrogens with one attached hydrogen (secondary N) is 2. The highest BCUT2D eigenvalue weighted by atomic mass is 127. The second-order valence-electron chi connectivity index (χ2n) is 8.91. The van der Waals surface area contributed by atoms with Crippen LogP contribution >= 0.6 is 22.6 Å². The molecule has 0 unspecified atom stereocenters. The standard InChI is InChI=1S/C30H24IN3O4/c1-19-9-12-23(13-10-19)32-28(35)17-34-29(36)26(33-30(34)37)16-20-11-14-27(25(31)15-20)38-18-22-7-4-6-21-5-2-3-8-24(21)22/h2-16H,17-18H2,1H3,(H,32,35)(H,33,37)/b26-16+. The quantitative estimate of drug-likeness (QED) is 0.155. The summed E-state index contributed by atoms with van der Waals surface area (Å²) >= 11 is 2.19. The first-order valence-electron chi connectivity index (χ1n) is 12.0. The second-order valence-corrected chi connectivity index (χ2v) is 10.1. The topological polar surface area (TPSA) is 87.7 Å². The maximum absolute atomic E-state index is 12.8. The predicted octanol–water partition coefficient (Wildman–Crippen LogP) is 5.86. The van der Waals surface area contributed by atoms with E-state index in [4.69, 9.17) is 4.74 Å². The maximum atomic E-state index is 12.8. The van der Waals surface area contributed by atoms with Crippen LogP contribution in [0.5, 0.6) is 5.75 Å². The van der Waals surface area contributed by atoms with Gasteiger partial charge in [-0.3, -0.25) is 9.59 Å². The van der Waals surface area contributed by atoms with Crippen LogP contribution in [0.25, 0.3) is 16.8 Å². The lowest BCUT2D eigenvalue weighted by Gasteiger charge is -2.12. The summed E-state index contributed by atoms with van der Waals surface area (Å²) in [4.78, 5) is 38.5. The molecule has 1 fully saturated rings. The molecular formula is C30H24IN3O4. The number of halogens is 1. The number of ether oxygens (including phenoxy) is 1. The fourth-order valence-corrected chi connectivity index (χ4v) is 4.86. The summed E-state index contributed by atoms with van der Waals surface area (Å²) in [6.45, 7) is 1.99. The van der Waals surface area contributed by atoms with Crippen LogP contribution < -0.4 is 15.4 Å². The number of urea groups is 1. The minimum absolute atomic E-state index is 0.110. The van der Waals surface area contributed by atoms with Crippen LogP contribution in [0, 0.1) is 10.5 Å². The molecule has 1 aliphatic heterocycles. The molecular weight excluding hydrogens is 593 g/mol. The zero-order chi connectivity index (χ0) is 26.6. The summed E-state index contributed by atoms with van der Waals surface area (Å²) < 4.78 is 6.96. The van der Waals surface area contributed by atoms with Crippen molar-refractivity contribution in [3.05, 3.63) is 111 Å². The normalized spacial score (nSPS) is 14.2. The molecule has 0 spiro atoms. The maximum Gasteiger partial charge on any atom is 0.329 e. The number of benzene rings is 4. The molecule has 0 atom stereocenters. The van der Waals surface area contributed by atoms with E-state index in [1.165, 1.54) is 0 Å². The SMILES string of the molecule is Cc1ccc(NC(=O)CN2C(=O)N/C(=C/c3ccc(OCc4cccc5ccccc45)c(I)c3)C2=O)cc1. The predicted molar refractivity (Wildman–Crippen MR) is 155 cm³/mol. The minimum Gasteiger partial charge on any atom is -0.488 e. The highest BCUT2D eigenvalue weighted by Crippen LogP contribution is 2.26. The molecule has 1 saturated heterocycles. The highest BCUT2D eigenvalue weighted by molar-refractivity contribution is 14.1. The number of anilines is 1. The number of aryl methyl sites for hydroxylation is 1. The number of fused-ring (bicyclic) bond motifs is 1. The van der Waals surface area contributed by atoms with E-state index >= 15 is 0 Å². The Labute approximate surface area is 233 Å². The molecule has 0 bridgehead atoms. The second kappa shape index (κ2) is 11.1. The number of carbonyl (C=O) groups excluding carboxylic acids is 3. The summed E-state index contributed by atoms with van der Waals surface area (Å²) in [5, 5.41) is 7.58. The molecule has 8 heteroatoms. The van der Waals surface area contributed by atoms with Gasteiger partial charge in [-0.1, -0.05) is 66.2 Å². The monoisotopic (exact) mass is 617 g/mol. The van der Waals surface area contributed by atoms with Gasteiger partial charge >= 0.3 is 6.03 Å². The molecule has 4 aromatic carbocycles. The minimum atomic E-state index is -0.634. The molecule has 2 N–H and O–H groups in total. The van der Waals surface area contributed by atoms with Gasteiger partial charge in [0.05, 0.1) is 3.57 Å². The van der Waals surface area contributed by atoms with E-state index in [2.05, 4.69) is 57.5 Å². The Morgan fingerprint density at radius 2 is 1.76 bits per heavy atom. The average Bonchev–Trinajstić information content (AvgIpc) is 3.16. The lowest BCUT2D eigenvalue weighted by atomic mass is 10.1. The molecule has 0 radical (unpaired) electrons. The van der Waals surface area contributed by atoms with Gasteiger partial charge in [-0.25, -0.2) is 9.69 Å². The van der Waals surface area contributed by atoms with Crippen molar-refractivity contribution in [1.29, 1.82) is 0 Å². The molecule has 0 saturated carbocycles. The van der Waals surface area contributed by atoms with Crippen LogP contribution in [0.15, 0.2) is 90.6 Å². The molecule has 0 aromatic heterocycles. The zero-order valence-electron chi connectivity index (χ0n) is 20.5. The van der Waals surface area contributed by atoms with Gasteiger partial charge in [-0.2, -0.15) is 0 Å². The Balaban J connectivity index is 1.24. The average molecular weight is 617 g/mol. The first-order chi connectivity index (χ1) is 18.4. The van der Waals surface area contributed by atoms with Crippen LogP contribution in [0.2, 0.25) is 0 Å². The molecule has 4 amide bonds. The Kier molecular flexibility index (Phi) is 7.41. The number of hydrogen-bond acceptors (Lipinski definition) is 4. The van der Waals surface area contributed by atoms with Gasteiger partial charge in [0.25, 0.3) is 5.91 Å². The summed E-state index contributed by atoms with van der Waals surface area (Å²) in [5.74, 6) is -0.293. The Bertz CT molecular complexity index is 1580. The Morgan fingerprint density at radius 3 is 2.55 bits per heavy atom. The van der Waals surface area contributed by atoms with Crippen LogP contribution in [0.3, 0.4) is 0 Å². The van der Waals surface area contributed by atoms with Crippen molar-refractivity contribution in [2.24, 2.45) is 0 Å². The molecule has 1 heterocycles. The Morgan fingerprint density at radius 1 is 1.00 bits per heavy atom. The fraction of sp³-hybridized carbons (Fsp3) is 0.100. The van der Waals surface area contributed by atoms with Crippen molar-refractivity contribution in [1.82, 2.24) is 10.2 Å². The lowest BCUT2D eigenvalue weighted by Crippen LogP contribution is -2.38. The number of carbonyl (C=O) groups is 3. The van der Waals surface area contributed by atoms with Gasteiger partial charge in [-0.15, -0.1) is 0 Å². The summed E-state index contributed by atoms with van der Waals surface area (Å²) in [7, 11) is 0. The van der Waals surface area contributed by atoms with Gasteiger partial charge in [0.1, 0.15) is 24.6 Å². The number of hydrogen-bond donors (Lipinski definition) is 2. The number of amides is 4. The van der Waals surface area contributed by atoms with Crippen LogP contribution in [-0.2, 0) is 16.2 Å². The first-order valence-corrected chi connectivity index (χ1v) is 13.1. The van der Waals surface area contributed by atoms with Gasteiger partial charge in [0, 0.05) is 5.69 Å². The first kappa shape index (κ1) is 25.5. The summed E-state index contributed by atoms with van der Waals surface area (Å²) in [6, 6.07) is 26.5. The highest BCUT2D eigenvalue weighted by Gasteiger charge is 2.35. The van der Waals surface area contributed by atoms with E-state index < -0.39 is 17.8 Å². The van der Waals surface area contributed by atoms with E-state index in [0.29, 0.717) is 12.3 Å². The van der Waals surface area contributed by atoms with E-state index in [1.54, 1.807) is 18.2 Å². The van der Waals surface area contributed by atoms with Crippen LogP contribution in [0.4, 0.5) is 10.5 Å². The molecule has 190 valence electrons. The largest absolute Gasteiger partial charge is 0.488 e. The van der Waals surface area contributed by atoms with Gasteiger partial charge in [-0.05, 0) is 81.8 Å². The third kappa shape index (κ3) is 5.70. The van der Waals surface area contributed by atoms with Crippen molar-refractivity contribution in [2.75, 3.05) is 11.9 Å². The van der Waals surface area contributed by atoms with Crippen molar-refractivity contribution >= 4 is 63.0 Å². The van der Waals surface area contributed by atoms with Crippen molar-refractivity contribution < 1.29 is 19.1 Å². The van der Waals surface area contributed by atoms with Gasteiger partial charge < -0.3 is 15.4 Å². The van der Waals surface area contributed by atoms with Crippen molar-refractivity contribution in [3.8, 4) is 5.75 Å². The van der Waals surface area contributed by atoms with Crippen LogP contribution in [0.1, 0.15) is 16.7 Å². The van der Waals surface area contributed by atoms with E-state index in [-0.39, 0.29) is 12.2 Å². The fourth-order valence-electron chi connectivity index (χ4n) is 4.16. The summed E-state index contributed by atoms with van der Waals surface area (Å²) in [6.07, 6.45) is 1.59. The number of rotatable bonds is 7. The number of nitrogens with zero attached hydrogens (tertiary/aromatic N) is 1. The van der Waals surface area contributed by atoms with Gasteiger partial charge in [0.15, 0.2) is 0 Å². The lowest BCUT2D eigenvalue weighted by molar-refractivity contribution is -0.127. The molecule has 1 aliphatic rings. The van der Waals surface area contributed by atoms with Gasteiger partial charge in [0.2, 0.25) is 5.91 Å². The zero-order valence-corrected chi connectivity index (χ0v) is 22.7. The third-order valence-corrected chi connectivity index (χ3v) is 6.97. The molecule has 7 nitrogen and oxygen atoms in total.